The van der Waals surface area contributed by atoms with Crippen molar-refractivity contribution in [1.29, 1.82) is 0 Å². The van der Waals surface area contributed by atoms with E-state index >= 15 is 0 Å². The van der Waals surface area contributed by atoms with Crippen LogP contribution in [0.15, 0.2) is 17.3 Å². The summed E-state index contributed by atoms with van der Waals surface area (Å²) >= 11 is 0. The van der Waals surface area contributed by atoms with Crippen LogP contribution in [0.5, 0.6) is 0 Å². The summed E-state index contributed by atoms with van der Waals surface area (Å²) in [5, 5.41) is 4.53. The Balaban J connectivity index is 1.41. The van der Waals surface area contributed by atoms with Crippen molar-refractivity contribution in [3.8, 4) is 0 Å². The lowest BCUT2D eigenvalue weighted by molar-refractivity contribution is 0.257. The van der Waals surface area contributed by atoms with Crippen molar-refractivity contribution < 1.29 is 8.42 Å². The Morgan fingerprint density at radius 1 is 1.30 bits per heavy atom. The first-order valence-corrected chi connectivity index (χ1v) is 10.3. The molecular weight excluding hydrogens is 312 g/mol. The van der Waals surface area contributed by atoms with Gasteiger partial charge in [0.25, 0.3) is 10.0 Å². The molecule has 3 aliphatic carbocycles. The Labute approximate surface area is 137 Å². The highest BCUT2D eigenvalue weighted by Gasteiger charge is 2.53. The Morgan fingerprint density at radius 3 is 2.57 bits per heavy atom. The van der Waals surface area contributed by atoms with Crippen LogP contribution in [0.3, 0.4) is 0 Å². The predicted molar refractivity (Wildman–Crippen MR) is 87.2 cm³/mol. The topological polar surface area (TPSA) is 90.0 Å². The highest BCUT2D eigenvalue weighted by Crippen LogP contribution is 2.55. The maximum absolute atomic E-state index is 12.7. The number of rotatable bonds is 5. The highest BCUT2D eigenvalue weighted by molar-refractivity contribution is 7.89. The molecule has 7 heteroatoms. The summed E-state index contributed by atoms with van der Waals surface area (Å²) in [6.45, 7) is 0.714. The predicted octanol–water partition coefficient (Wildman–Crippen LogP) is 1.62. The molecule has 0 saturated heterocycles. The van der Waals surface area contributed by atoms with Gasteiger partial charge in [0.2, 0.25) is 0 Å². The van der Waals surface area contributed by atoms with Gasteiger partial charge in [0, 0.05) is 18.6 Å². The van der Waals surface area contributed by atoms with Crippen LogP contribution in [0.4, 0.5) is 0 Å². The smallest absolute Gasteiger partial charge is 0.257 e. The Morgan fingerprint density at radius 2 is 2.00 bits per heavy atom. The van der Waals surface area contributed by atoms with E-state index < -0.39 is 10.0 Å². The van der Waals surface area contributed by atoms with Gasteiger partial charge in [-0.2, -0.15) is 5.10 Å². The van der Waals surface area contributed by atoms with E-state index in [1.54, 1.807) is 16.9 Å². The average Bonchev–Trinajstić information content (AvgIpc) is 2.87. The van der Waals surface area contributed by atoms with E-state index in [1.807, 2.05) is 0 Å². The van der Waals surface area contributed by atoms with Crippen molar-refractivity contribution in [2.75, 3.05) is 0 Å². The normalized spacial score (nSPS) is 34.5. The molecule has 4 rings (SSSR count). The summed E-state index contributed by atoms with van der Waals surface area (Å²) in [5.74, 6) is 0.578. The molecule has 0 aromatic carbocycles. The molecule has 6 nitrogen and oxygen atoms in total. The maximum atomic E-state index is 12.7. The summed E-state index contributed by atoms with van der Waals surface area (Å²) in [4.78, 5) is 0. The average molecular weight is 338 g/mol. The van der Waals surface area contributed by atoms with Gasteiger partial charge >= 0.3 is 0 Å². The third kappa shape index (κ3) is 2.94. The van der Waals surface area contributed by atoms with Crippen molar-refractivity contribution >= 4 is 10.0 Å². The molecule has 1 aromatic rings. The molecule has 0 amide bonds. The highest BCUT2D eigenvalue weighted by atomic mass is 32.2. The first-order chi connectivity index (χ1) is 11.0. The number of sulfonamides is 1. The van der Waals surface area contributed by atoms with Gasteiger partial charge in [0.1, 0.15) is 0 Å². The van der Waals surface area contributed by atoms with Crippen LogP contribution in [0.1, 0.15) is 51.4 Å². The quantitative estimate of drug-likeness (QED) is 0.854. The minimum Gasteiger partial charge on any atom is -0.327 e. The monoisotopic (exact) mass is 338 g/mol. The molecule has 3 N–H and O–H groups in total. The lowest BCUT2D eigenvalue weighted by Crippen LogP contribution is -2.39. The standard InChI is InChI=1S/C16H26N4O2S/c17-14-10-16(14)7-4-13(5-8-16)19-23(21,22)15-6-9-18-20(15)11-12-2-1-3-12/h6,9,12-14,19H,1-5,7-8,10-11,17H2. The Hall–Kier alpha value is -0.920. The van der Waals surface area contributed by atoms with Gasteiger partial charge in [-0.1, -0.05) is 6.42 Å². The fourth-order valence-corrected chi connectivity index (χ4v) is 5.58. The van der Waals surface area contributed by atoms with E-state index in [2.05, 4.69) is 9.82 Å². The van der Waals surface area contributed by atoms with Crippen LogP contribution in [-0.2, 0) is 16.6 Å². The van der Waals surface area contributed by atoms with Crippen molar-refractivity contribution in [1.82, 2.24) is 14.5 Å². The van der Waals surface area contributed by atoms with Crippen LogP contribution >= 0.6 is 0 Å². The van der Waals surface area contributed by atoms with Crippen molar-refractivity contribution in [3.05, 3.63) is 12.3 Å². The number of nitrogens with zero attached hydrogens (tertiary/aromatic N) is 2. The van der Waals surface area contributed by atoms with Gasteiger partial charge in [0.05, 0.1) is 6.20 Å². The Bertz CT molecular complexity index is 672. The van der Waals surface area contributed by atoms with E-state index in [4.69, 9.17) is 5.73 Å². The van der Waals surface area contributed by atoms with Gasteiger partial charge in [-0.25, -0.2) is 13.1 Å². The minimum absolute atomic E-state index is 0.0328. The van der Waals surface area contributed by atoms with E-state index in [0.717, 1.165) is 32.1 Å². The summed E-state index contributed by atoms with van der Waals surface area (Å²) in [6, 6.07) is 1.98. The molecular formula is C16H26N4O2S. The van der Waals surface area contributed by atoms with Crippen LogP contribution in [0.25, 0.3) is 0 Å². The van der Waals surface area contributed by atoms with Crippen LogP contribution < -0.4 is 10.5 Å². The molecule has 3 fully saturated rings. The van der Waals surface area contributed by atoms with E-state index in [9.17, 15) is 8.42 Å². The van der Waals surface area contributed by atoms with E-state index in [0.29, 0.717) is 28.9 Å². The number of aromatic nitrogens is 2. The molecule has 0 radical (unpaired) electrons. The number of nitrogens with two attached hydrogens (primary N) is 1. The summed E-state index contributed by atoms with van der Waals surface area (Å²) < 4.78 is 30.0. The molecule has 1 unspecified atom stereocenters. The number of nitrogens with one attached hydrogen (secondary N) is 1. The fourth-order valence-electron chi connectivity index (χ4n) is 4.15. The first-order valence-electron chi connectivity index (χ1n) is 8.78. The lowest BCUT2D eigenvalue weighted by Gasteiger charge is -2.30. The molecule has 1 heterocycles. The number of hydrogen-bond donors (Lipinski definition) is 2. The van der Waals surface area contributed by atoms with E-state index in [-0.39, 0.29) is 6.04 Å². The molecule has 128 valence electrons. The largest absolute Gasteiger partial charge is 0.327 e. The molecule has 23 heavy (non-hydrogen) atoms. The van der Waals surface area contributed by atoms with Gasteiger partial charge in [-0.15, -0.1) is 0 Å². The summed E-state index contributed by atoms with van der Waals surface area (Å²) in [6.07, 6.45) is 10.2. The SMILES string of the molecule is NC1CC12CCC(NS(=O)(=O)c1ccnn1CC1CCC1)CC2. The van der Waals surface area contributed by atoms with Gasteiger partial charge in [-0.3, -0.25) is 4.68 Å². The number of hydrogen-bond acceptors (Lipinski definition) is 4. The second-order valence-corrected chi connectivity index (χ2v) is 9.38. The Kier molecular flexibility index (Phi) is 3.77. The molecule has 3 aliphatic rings. The first kappa shape index (κ1) is 15.6. The molecule has 1 spiro atoms. The zero-order valence-electron chi connectivity index (χ0n) is 13.4. The van der Waals surface area contributed by atoms with Crippen LogP contribution in [0, 0.1) is 11.3 Å². The molecule has 3 saturated carbocycles. The van der Waals surface area contributed by atoms with Gasteiger partial charge in [0.15, 0.2) is 5.03 Å². The lowest BCUT2D eigenvalue weighted by atomic mass is 9.83. The molecule has 1 aromatic heterocycles. The van der Waals surface area contributed by atoms with Gasteiger partial charge in [-0.05, 0) is 62.3 Å². The zero-order chi connectivity index (χ0) is 16.1. The van der Waals surface area contributed by atoms with Gasteiger partial charge < -0.3 is 5.73 Å². The van der Waals surface area contributed by atoms with Crippen molar-refractivity contribution in [2.24, 2.45) is 17.1 Å². The molecule has 1 atom stereocenters. The maximum Gasteiger partial charge on any atom is 0.257 e. The second kappa shape index (κ2) is 5.57. The van der Waals surface area contributed by atoms with Crippen LogP contribution in [0.2, 0.25) is 0 Å². The van der Waals surface area contributed by atoms with Crippen LogP contribution in [-0.4, -0.2) is 30.3 Å². The summed E-state index contributed by atoms with van der Waals surface area (Å²) in [7, 11) is -3.49. The third-order valence-electron chi connectivity index (χ3n) is 6.16. The second-order valence-electron chi connectivity index (χ2n) is 7.72. The minimum atomic E-state index is -3.49. The fraction of sp³-hybridized carbons (Fsp3) is 0.812. The molecule has 0 bridgehead atoms. The molecule has 0 aliphatic heterocycles. The van der Waals surface area contributed by atoms with Crippen molar-refractivity contribution in [3.63, 3.8) is 0 Å². The van der Waals surface area contributed by atoms with E-state index in [1.165, 1.54) is 19.3 Å². The third-order valence-corrected chi connectivity index (χ3v) is 7.71. The van der Waals surface area contributed by atoms with Crippen molar-refractivity contribution in [2.45, 2.75) is 75.0 Å². The summed E-state index contributed by atoms with van der Waals surface area (Å²) in [5.41, 5.74) is 6.34. The zero-order valence-corrected chi connectivity index (χ0v) is 14.3.